The van der Waals surface area contributed by atoms with Crippen molar-refractivity contribution in [2.24, 2.45) is 0 Å². The van der Waals surface area contributed by atoms with Gasteiger partial charge in [0.15, 0.2) is 0 Å². The number of nitrogens with one attached hydrogen (secondary N) is 2. The van der Waals surface area contributed by atoms with Crippen LogP contribution in [0.15, 0.2) is 48.5 Å². The Kier molecular flexibility index (Phi) is 7.86. The molecule has 1 unspecified atom stereocenters. The molecule has 0 saturated carbocycles. The van der Waals surface area contributed by atoms with E-state index in [0.717, 1.165) is 16.9 Å². The molecule has 2 N–H and O–H groups in total. The van der Waals surface area contributed by atoms with Crippen LogP contribution >= 0.6 is 0 Å². The SMILES string of the molecule is CC(C)Oc1cccc(C(C)NC(=O)Cc2ccc(NC(=O)OC(C)(C)C)cc2)c1. The number of hydrogen-bond acceptors (Lipinski definition) is 4. The first-order valence-corrected chi connectivity index (χ1v) is 10.2. The molecule has 0 bridgehead atoms. The van der Waals surface area contributed by atoms with Crippen molar-refractivity contribution in [3.8, 4) is 5.75 Å². The van der Waals surface area contributed by atoms with Crippen molar-refractivity contribution in [3.05, 3.63) is 59.7 Å². The molecule has 6 heteroatoms. The Labute approximate surface area is 179 Å². The third-order valence-electron chi connectivity index (χ3n) is 4.07. The molecule has 2 aromatic carbocycles. The Morgan fingerprint density at radius 1 is 1.00 bits per heavy atom. The van der Waals surface area contributed by atoms with Gasteiger partial charge >= 0.3 is 6.09 Å². The molecule has 0 spiro atoms. The van der Waals surface area contributed by atoms with Gasteiger partial charge < -0.3 is 14.8 Å². The summed E-state index contributed by atoms with van der Waals surface area (Å²) in [5.41, 5.74) is 1.90. The lowest BCUT2D eigenvalue weighted by Gasteiger charge is -2.19. The van der Waals surface area contributed by atoms with E-state index >= 15 is 0 Å². The molecule has 30 heavy (non-hydrogen) atoms. The molecule has 0 saturated heterocycles. The van der Waals surface area contributed by atoms with Gasteiger partial charge in [0, 0.05) is 5.69 Å². The lowest BCUT2D eigenvalue weighted by atomic mass is 10.1. The Balaban J connectivity index is 1.89. The van der Waals surface area contributed by atoms with E-state index in [-0.39, 0.29) is 24.5 Å². The summed E-state index contributed by atoms with van der Waals surface area (Å²) in [7, 11) is 0. The fraction of sp³-hybridized carbons (Fsp3) is 0.417. The van der Waals surface area contributed by atoms with Gasteiger partial charge in [-0.2, -0.15) is 0 Å². The Morgan fingerprint density at radius 3 is 2.27 bits per heavy atom. The van der Waals surface area contributed by atoms with Gasteiger partial charge in [0.1, 0.15) is 11.4 Å². The van der Waals surface area contributed by atoms with Crippen molar-refractivity contribution in [2.75, 3.05) is 5.32 Å². The molecular weight excluding hydrogens is 380 g/mol. The van der Waals surface area contributed by atoms with Crippen LogP contribution in [0.25, 0.3) is 0 Å². The molecule has 1 atom stereocenters. The third kappa shape index (κ3) is 8.15. The number of hydrogen-bond donors (Lipinski definition) is 2. The van der Waals surface area contributed by atoms with Crippen LogP contribution in [0.2, 0.25) is 0 Å². The number of amides is 2. The number of anilines is 1. The minimum absolute atomic E-state index is 0.0782. The maximum atomic E-state index is 12.4. The molecule has 2 aromatic rings. The molecule has 162 valence electrons. The zero-order valence-corrected chi connectivity index (χ0v) is 18.6. The fourth-order valence-electron chi connectivity index (χ4n) is 2.82. The van der Waals surface area contributed by atoms with Gasteiger partial charge in [-0.15, -0.1) is 0 Å². The fourth-order valence-corrected chi connectivity index (χ4v) is 2.82. The van der Waals surface area contributed by atoms with Gasteiger partial charge in [-0.1, -0.05) is 24.3 Å². The predicted molar refractivity (Wildman–Crippen MR) is 119 cm³/mol. The van der Waals surface area contributed by atoms with Gasteiger partial charge in [0.2, 0.25) is 5.91 Å². The smallest absolute Gasteiger partial charge is 0.412 e. The number of carbonyl (C=O) groups excluding carboxylic acids is 2. The summed E-state index contributed by atoms with van der Waals surface area (Å²) in [4.78, 5) is 24.3. The highest BCUT2D eigenvalue weighted by Gasteiger charge is 2.16. The van der Waals surface area contributed by atoms with E-state index in [0.29, 0.717) is 5.69 Å². The van der Waals surface area contributed by atoms with E-state index in [1.807, 2.05) is 77.9 Å². The zero-order valence-electron chi connectivity index (χ0n) is 18.6. The van der Waals surface area contributed by atoms with Gasteiger partial charge in [-0.05, 0) is 76.9 Å². The lowest BCUT2D eigenvalue weighted by molar-refractivity contribution is -0.121. The minimum Gasteiger partial charge on any atom is -0.491 e. The highest BCUT2D eigenvalue weighted by atomic mass is 16.6. The second-order valence-corrected chi connectivity index (χ2v) is 8.53. The minimum atomic E-state index is -0.556. The summed E-state index contributed by atoms with van der Waals surface area (Å²) >= 11 is 0. The van der Waals surface area contributed by atoms with Crippen LogP contribution < -0.4 is 15.4 Å². The van der Waals surface area contributed by atoms with Crippen molar-refractivity contribution < 1.29 is 19.1 Å². The summed E-state index contributed by atoms with van der Waals surface area (Å²) in [5.74, 6) is 0.710. The van der Waals surface area contributed by atoms with E-state index in [4.69, 9.17) is 9.47 Å². The Bertz CT molecular complexity index is 854. The molecular formula is C24H32N2O4. The Hall–Kier alpha value is -3.02. The van der Waals surface area contributed by atoms with Gasteiger partial charge in [0.05, 0.1) is 18.6 Å². The summed E-state index contributed by atoms with van der Waals surface area (Å²) in [6.45, 7) is 11.3. The Morgan fingerprint density at radius 2 is 1.67 bits per heavy atom. The number of rotatable bonds is 7. The maximum Gasteiger partial charge on any atom is 0.412 e. The van der Waals surface area contributed by atoms with Crippen LogP contribution in [-0.4, -0.2) is 23.7 Å². The number of ether oxygens (including phenoxy) is 2. The second kappa shape index (κ2) is 10.1. The number of benzene rings is 2. The van der Waals surface area contributed by atoms with Gasteiger partial charge in [0.25, 0.3) is 0 Å². The van der Waals surface area contributed by atoms with Crippen molar-refractivity contribution in [2.45, 2.75) is 65.7 Å². The molecule has 0 aliphatic rings. The quantitative estimate of drug-likeness (QED) is 0.652. The molecule has 6 nitrogen and oxygen atoms in total. The van der Waals surface area contributed by atoms with E-state index in [1.54, 1.807) is 12.1 Å². The normalized spacial score (nSPS) is 12.2. The summed E-state index contributed by atoms with van der Waals surface area (Å²) in [5, 5.41) is 5.69. The van der Waals surface area contributed by atoms with Crippen LogP contribution in [0.4, 0.5) is 10.5 Å². The largest absolute Gasteiger partial charge is 0.491 e. The molecule has 0 aromatic heterocycles. The summed E-state index contributed by atoms with van der Waals surface area (Å²) < 4.78 is 10.9. The first-order chi connectivity index (χ1) is 14.0. The van der Waals surface area contributed by atoms with Crippen LogP contribution in [0.3, 0.4) is 0 Å². The molecule has 0 aliphatic heterocycles. The van der Waals surface area contributed by atoms with Crippen molar-refractivity contribution >= 4 is 17.7 Å². The maximum absolute atomic E-state index is 12.4. The summed E-state index contributed by atoms with van der Waals surface area (Å²) in [6, 6.07) is 14.7. The molecule has 2 rings (SSSR count). The monoisotopic (exact) mass is 412 g/mol. The van der Waals surface area contributed by atoms with E-state index < -0.39 is 11.7 Å². The van der Waals surface area contributed by atoms with Crippen molar-refractivity contribution in [1.29, 1.82) is 0 Å². The average molecular weight is 413 g/mol. The van der Waals surface area contributed by atoms with Crippen molar-refractivity contribution in [3.63, 3.8) is 0 Å². The highest BCUT2D eigenvalue weighted by molar-refractivity contribution is 5.85. The van der Waals surface area contributed by atoms with Crippen LogP contribution in [0, 0.1) is 0 Å². The van der Waals surface area contributed by atoms with Crippen LogP contribution in [0.1, 0.15) is 58.7 Å². The zero-order chi connectivity index (χ0) is 22.3. The highest BCUT2D eigenvalue weighted by Crippen LogP contribution is 2.20. The summed E-state index contributed by atoms with van der Waals surface area (Å²) in [6.07, 6.45) is -0.164. The topological polar surface area (TPSA) is 76.7 Å². The van der Waals surface area contributed by atoms with E-state index in [2.05, 4.69) is 10.6 Å². The average Bonchev–Trinajstić information content (AvgIpc) is 2.61. The lowest BCUT2D eigenvalue weighted by Crippen LogP contribution is -2.28. The van der Waals surface area contributed by atoms with Crippen LogP contribution in [0.5, 0.6) is 5.75 Å². The second-order valence-electron chi connectivity index (χ2n) is 8.53. The third-order valence-corrected chi connectivity index (χ3v) is 4.07. The first-order valence-electron chi connectivity index (χ1n) is 10.2. The van der Waals surface area contributed by atoms with Gasteiger partial charge in [-0.3, -0.25) is 10.1 Å². The molecule has 0 fully saturated rings. The van der Waals surface area contributed by atoms with Crippen LogP contribution in [-0.2, 0) is 16.0 Å². The van der Waals surface area contributed by atoms with E-state index in [1.165, 1.54) is 0 Å². The molecule has 0 heterocycles. The molecule has 0 radical (unpaired) electrons. The molecule has 0 aliphatic carbocycles. The number of carbonyl (C=O) groups is 2. The molecule has 2 amide bonds. The van der Waals surface area contributed by atoms with E-state index in [9.17, 15) is 9.59 Å². The standard InChI is InChI=1S/C24H32N2O4/c1-16(2)29-21-9-7-8-19(15-21)17(3)25-22(27)14-18-10-12-20(13-11-18)26-23(28)30-24(4,5)6/h7-13,15-17H,14H2,1-6H3,(H,25,27)(H,26,28). The predicted octanol–water partition coefficient (Wildman–Crippen LogP) is 5.24. The first kappa shape index (κ1) is 23.3. The van der Waals surface area contributed by atoms with Crippen molar-refractivity contribution in [1.82, 2.24) is 5.32 Å². The van der Waals surface area contributed by atoms with Gasteiger partial charge in [-0.25, -0.2) is 4.79 Å².